The first-order valence-corrected chi connectivity index (χ1v) is 0.816. The van der Waals surface area contributed by atoms with Crippen molar-refractivity contribution in [1.29, 1.82) is 0 Å². The summed E-state index contributed by atoms with van der Waals surface area (Å²) in [5.74, 6) is 0. The van der Waals surface area contributed by atoms with E-state index in [0.29, 0.717) is 0 Å². The summed E-state index contributed by atoms with van der Waals surface area (Å²) in [6, 6.07) is 0. The average Bonchev–Trinajstić information content (AvgIpc) is 1.50. The third kappa shape index (κ3) is 137. The topological polar surface area (TPSA) is 46.1 Å². The van der Waals surface area contributed by atoms with E-state index < -0.39 is 0 Å². The summed E-state index contributed by atoms with van der Waals surface area (Å²) in [5.41, 5.74) is 0. The van der Waals surface area contributed by atoms with Gasteiger partial charge >= 0.3 is 17.1 Å². The zero-order chi connectivity index (χ0) is 4.00. The van der Waals surface area contributed by atoms with Crippen LogP contribution in [0.1, 0.15) is 0 Å². The van der Waals surface area contributed by atoms with Crippen LogP contribution in [0.2, 0.25) is 0 Å². The molecule has 0 spiro atoms. The predicted octanol–water partition coefficient (Wildman–Crippen LogP) is -2.05. The van der Waals surface area contributed by atoms with E-state index in [2.05, 4.69) is 0 Å². The molecule has 0 aliphatic carbocycles. The molecule has 0 aromatic carbocycles. The van der Waals surface area contributed by atoms with Crippen LogP contribution in [0.25, 0.3) is 0 Å². The molecule has 34 valence electrons. The van der Waals surface area contributed by atoms with Crippen LogP contribution < -0.4 is 10.2 Å². The maximum absolute atomic E-state index is 8.25. The van der Waals surface area contributed by atoms with Crippen molar-refractivity contribution in [2.24, 2.45) is 0 Å². The second-order valence-electron chi connectivity index (χ2n) is 0. The van der Waals surface area contributed by atoms with Gasteiger partial charge in [0.05, 0.1) is 0 Å². The Morgan fingerprint density at radius 3 is 0.800 bits per heavy atom. The van der Waals surface area contributed by atoms with Crippen molar-refractivity contribution in [1.82, 2.24) is 0 Å². The third-order valence-electron chi connectivity index (χ3n) is 0. The summed E-state index contributed by atoms with van der Waals surface area (Å²) in [5, 5.41) is 16.5. The van der Waals surface area contributed by atoms with E-state index in [9.17, 15) is 0 Å². The summed E-state index contributed by atoms with van der Waals surface area (Å²) in [4.78, 5) is 0. The van der Waals surface area contributed by atoms with E-state index in [-0.39, 0.29) is 17.1 Å². The van der Waals surface area contributed by atoms with Crippen LogP contribution in [-0.2, 0) is 17.1 Å². The SMILES string of the molecule is C[O-].C[O-].[Fe+2]. The summed E-state index contributed by atoms with van der Waals surface area (Å²) < 4.78 is 0. The van der Waals surface area contributed by atoms with E-state index in [4.69, 9.17) is 10.2 Å². The first-order chi connectivity index (χ1) is 2.00. The van der Waals surface area contributed by atoms with Gasteiger partial charge in [-0.1, -0.05) is 0 Å². The molecule has 0 heterocycles. The van der Waals surface area contributed by atoms with Gasteiger partial charge < -0.3 is 10.2 Å². The molecule has 5 heavy (non-hydrogen) atoms. The Balaban J connectivity index is -0.0000000133. The van der Waals surface area contributed by atoms with Crippen molar-refractivity contribution >= 4 is 0 Å². The van der Waals surface area contributed by atoms with Gasteiger partial charge in [-0.2, -0.15) is 14.2 Å². The molecule has 0 amide bonds. The van der Waals surface area contributed by atoms with Gasteiger partial charge in [0.25, 0.3) is 0 Å². The third-order valence-corrected chi connectivity index (χ3v) is 0. The summed E-state index contributed by atoms with van der Waals surface area (Å²) in [6.45, 7) is 0. The smallest absolute Gasteiger partial charge is 0.857 e. The Morgan fingerprint density at radius 2 is 0.800 bits per heavy atom. The maximum Gasteiger partial charge on any atom is 2.00 e. The van der Waals surface area contributed by atoms with E-state index in [1.807, 2.05) is 0 Å². The normalized spacial score (nSPS) is 2.40. The molecule has 2 nitrogen and oxygen atoms in total. The van der Waals surface area contributed by atoms with Crippen molar-refractivity contribution in [3.8, 4) is 0 Å². The molecule has 0 aromatic rings. The standard InChI is InChI=1S/2CH3O.Fe/c2*1-2;/h2*1H3;/q2*-1;+2. The fourth-order valence-electron chi connectivity index (χ4n) is 0. The molecule has 0 fully saturated rings. The Morgan fingerprint density at radius 1 is 0.800 bits per heavy atom. The number of rotatable bonds is 0. The van der Waals surface area contributed by atoms with Gasteiger partial charge in [-0.15, -0.1) is 0 Å². The molecular weight excluding hydrogens is 112 g/mol. The Hall–Kier alpha value is 0.439. The molecule has 0 radical (unpaired) electrons. The predicted molar refractivity (Wildman–Crippen MR) is 11.8 cm³/mol. The second-order valence-corrected chi connectivity index (χ2v) is 0. The van der Waals surface area contributed by atoms with E-state index in [1.165, 1.54) is 0 Å². The quantitative estimate of drug-likeness (QED) is 0.343. The zero-order valence-corrected chi connectivity index (χ0v) is 4.27. The molecule has 0 unspecified atom stereocenters. The average molecular weight is 118 g/mol. The minimum Gasteiger partial charge on any atom is -0.857 e. The van der Waals surface area contributed by atoms with Crippen LogP contribution in [0.3, 0.4) is 0 Å². The summed E-state index contributed by atoms with van der Waals surface area (Å²) >= 11 is 0. The van der Waals surface area contributed by atoms with Gasteiger partial charge in [-0.3, -0.25) is 0 Å². The zero-order valence-electron chi connectivity index (χ0n) is 3.17. The second kappa shape index (κ2) is 272. The molecule has 0 saturated carbocycles. The summed E-state index contributed by atoms with van der Waals surface area (Å²) in [7, 11) is 1.50. The molecule has 0 bridgehead atoms. The Kier molecular flexibility index (Phi) is 980. The minimum atomic E-state index is 0. The van der Waals surface area contributed by atoms with E-state index >= 15 is 0 Å². The monoisotopic (exact) mass is 118 g/mol. The molecule has 0 aromatic heterocycles. The van der Waals surface area contributed by atoms with Gasteiger partial charge in [0.15, 0.2) is 0 Å². The first-order valence-electron chi connectivity index (χ1n) is 0.816. The fourth-order valence-corrected chi connectivity index (χ4v) is 0. The van der Waals surface area contributed by atoms with Gasteiger partial charge in [-0.05, 0) is 0 Å². The summed E-state index contributed by atoms with van der Waals surface area (Å²) in [6.07, 6.45) is 0. The van der Waals surface area contributed by atoms with Crippen molar-refractivity contribution in [3.05, 3.63) is 0 Å². The van der Waals surface area contributed by atoms with Crippen molar-refractivity contribution < 1.29 is 27.3 Å². The van der Waals surface area contributed by atoms with Gasteiger partial charge in [0.1, 0.15) is 0 Å². The number of hydrogen-bond donors (Lipinski definition) is 0. The largest absolute Gasteiger partial charge is 2.00 e. The molecule has 0 atom stereocenters. The van der Waals surface area contributed by atoms with Crippen LogP contribution in [0, 0.1) is 0 Å². The molecule has 0 saturated heterocycles. The van der Waals surface area contributed by atoms with Crippen LogP contribution in [0.15, 0.2) is 0 Å². The Bertz CT molecular complexity index is 7.61. The van der Waals surface area contributed by atoms with E-state index in [0.717, 1.165) is 14.2 Å². The molecular formula is C2H6FeO2. The van der Waals surface area contributed by atoms with E-state index in [1.54, 1.807) is 0 Å². The first kappa shape index (κ1) is 18.0. The Labute approximate surface area is 42.3 Å². The van der Waals surface area contributed by atoms with Crippen LogP contribution >= 0.6 is 0 Å². The van der Waals surface area contributed by atoms with Gasteiger partial charge in [0, 0.05) is 0 Å². The molecule has 0 N–H and O–H groups in total. The molecule has 0 rings (SSSR count). The minimum absolute atomic E-state index is 0. The van der Waals surface area contributed by atoms with Gasteiger partial charge in [0.2, 0.25) is 0 Å². The van der Waals surface area contributed by atoms with Crippen molar-refractivity contribution in [2.45, 2.75) is 0 Å². The van der Waals surface area contributed by atoms with Crippen LogP contribution in [0.5, 0.6) is 0 Å². The van der Waals surface area contributed by atoms with Gasteiger partial charge in [-0.25, -0.2) is 0 Å². The fraction of sp³-hybridized carbons (Fsp3) is 1.00. The molecule has 0 aliphatic rings. The number of hydrogen-bond acceptors (Lipinski definition) is 2. The van der Waals surface area contributed by atoms with Crippen molar-refractivity contribution in [2.75, 3.05) is 14.2 Å². The van der Waals surface area contributed by atoms with Crippen LogP contribution in [0.4, 0.5) is 0 Å². The van der Waals surface area contributed by atoms with Crippen molar-refractivity contribution in [3.63, 3.8) is 0 Å². The molecule has 3 heteroatoms. The van der Waals surface area contributed by atoms with Crippen LogP contribution in [-0.4, -0.2) is 14.2 Å². The molecule has 0 aliphatic heterocycles. The maximum atomic E-state index is 8.25.